The van der Waals surface area contributed by atoms with Crippen LogP contribution in [0.1, 0.15) is 24.8 Å². The molecule has 0 unspecified atom stereocenters. The molecule has 0 aromatic heterocycles. The fourth-order valence-electron chi connectivity index (χ4n) is 3.50. The van der Waals surface area contributed by atoms with Gasteiger partial charge >= 0.3 is 0 Å². The monoisotopic (exact) mass is 450 g/mol. The Morgan fingerprint density at radius 2 is 1.93 bits per heavy atom. The van der Waals surface area contributed by atoms with E-state index in [1.54, 1.807) is 17.0 Å². The van der Waals surface area contributed by atoms with E-state index in [2.05, 4.69) is 5.32 Å². The van der Waals surface area contributed by atoms with Gasteiger partial charge in [0, 0.05) is 29.6 Å². The van der Waals surface area contributed by atoms with Crippen LogP contribution in [0.15, 0.2) is 41.3 Å². The molecule has 30 heavy (non-hydrogen) atoms. The van der Waals surface area contributed by atoms with Gasteiger partial charge in [0.1, 0.15) is 5.82 Å². The number of benzene rings is 2. The molecule has 1 N–H and O–H groups in total. The molecule has 2 amide bonds. The SMILES string of the molecule is O=C(CCS(=O)(=O)c1ccc2c(c1)CCN2C(=O)C1CC1)Nc1ccc(Cl)cc1F. The molecule has 0 spiro atoms. The molecule has 2 aliphatic rings. The quantitative estimate of drug-likeness (QED) is 0.729. The van der Waals surface area contributed by atoms with E-state index in [1.807, 2.05) is 0 Å². The number of sulfone groups is 1. The zero-order chi connectivity index (χ0) is 21.5. The van der Waals surface area contributed by atoms with Gasteiger partial charge in [-0.25, -0.2) is 12.8 Å². The number of nitrogens with one attached hydrogen (secondary N) is 1. The fourth-order valence-corrected chi connectivity index (χ4v) is 4.95. The highest BCUT2D eigenvalue weighted by atomic mass is 35.5. The van der Waals surface area contributed by atoms with Crippen LogP contribution >= 0.6 is 11.6 Å². The molecule has 0 atom stereocenters. The molecule has 4 rings (SSSR count). The zero-order valence-corrected chi connectivity index (χ0v) is 17.6. The summed E-state index contributed by atoms with van der Waals surface area (Å²) < 4.78 is 39.1. The van der Waals surface area contributed by atoms with Crippen LogP contribution in [0, 0.1) is 11.7 Å². The van der Waals surface area contributed by atoms with E-state index in [-0.39, 0.29) is 33.9 Å². The first kappa shape index (κ1) is 20.8. The third-order valence-electron chi connectivity index (χ3n) is 5.30. The van der Waals surface area contributed by atoms with Gasteiger partial charge in [-0.05, 0) is 61.2 Å². The maximum absolute atomic E-state index is 13.8. The summed E-state index contributed by atoms with van der Waals surface area (Å²) in [5.41, 5.74) is 1.53. The lowest BCUT2D eigenvalue weighted by Gasteiger charge is -2.17. The van der Waals surface area contributed by atoms with Crippen LogP contribution in [0.5, 0.6) is 0 Å². The van der Waals surface area contributed by atoms with Crippen LogP contribution in [0.2, 0.25) is 5.02 Å². The van der Waals surface area contributed by atoms with Crippen molar-refractivity contribution >= 4 is 44.6 Å². The Hall–Kier alpha value is -2.45. The van der Waals surface area contributed by atoms with Gasteiger partial charge < -0.3 is 10.2 Å². The van der Waals surface area contributed by atoms with Gasteiger partial charge in [-0.2, -0.15) is 0 Å². The van der Waals surface area contributed by atoms with E-state index >= 15 is 0 Å². The van der Waals surface area contributed by atoms with E-state index in [4.69, 9.17) is 11.6 Å². The summed E-state index contributed by atoms with van der Waals surface area (Å²) in [6, 6.07) is 8.54. The fraction of sp³-hybridized carbons (Fsp3) is 0.333. The molecule has 0 saturated heterocycles. The van der Waals surface area contributed by atoms with Crippen LogP contribution in [-0.2, 0) is 25.8 Å². The molecule has 6 nitrogen and oxygen atoms in total. The van der Waals surface area contributed by atoms with E-state index < -0.39 is 27.3 Å². The van der Waals surface area contributed by atoms with Gasteiger partial charge in [-0.1, -0.05) is 11.6 Å². The smallest absolute Gasteiger partial charge is 0.230 e. The standard InChI is InChI=1S/C21H20ClFN2O4S/c22-15-3-5-18(17(23)12-15)24-20(26)8-10-30(28,29)16-4-6-19-14(11-16)7-9-25(19)21(27)13-1-2-13/h3-6,11-13H,1-2,7-10H2,(H,24,26). The Morgan fingerprint density at radius 1 is 1.17 bits per heavy atom. The number of carbonyl (C=O) groups excluding carboxylic acids is 2. The molecule has 158 valence electrons. The minimum absolute atomic E-state index is 0.0558. The second-order valence-electron chi connectivity index (χ2n) is 7.55. The van der Waals surface area contributed by atoms with E-state index in [0.29, 0.717) is 13.0 Å². The molecule has 1 fully saturated rings. The first-order chi connectivity index (χ1) is 14.2. The molecule has 2 aromatic rings. The predicted molar refractivity (Wildman–Crippen MR) is 112 cm³/mol. The lowest BCUT2D eigenvalue weighted by atomic mass is 10.2. The van der Waals surface area contributed by atoms with Crippen LogP contribution in [0.4, 0.5) is 15.8 Å². The average molecular weight is 451 g/mol. The number of nitrogens with zero attached hydrogens (tertiary/aromatic N) is 1. The van der Waals surface area contributed by atoms with Gasteiger partial charge in [0.05, 0.1) is 16.3 Å². The third kappa shape index (κ3) is 4.34. The van der Waals surface area contributed by atoms with Gasteiger partial charge in [-0.3, -0.25) is 9.59 Å². The normalized spacial score (nSPS) is 15.7. The van der Waals surface area contributed by atoms with Crippen molar-refractivity contribution in [2.75, 3.05) is 22.5 Å². The van der Waals surface area contributed by atoms with Crippen molar-refractivity contribution in [1.29, 1.82) is 0 Å². The van der Waals surface area contributed by atoms with Crippen molar-refractivity contribution in [3.63, 3.8) is 0 Å². The molecule has 9 heteroatoms. The van der Waals surface area contributed by atoms with Gasteiger partial charge in [0.25, 0.3) is 0 Å². The lowest BCUT2D eigenvalue weighted by molar-refractivity contribution is -0.119. The van der Waals surface area contributed by atoms with Crippen molar-refractivity contribution in [3.05, 3.63) is 52.8 Å². The number of rotatable bonds is 6. The highest BCUT2D eigenvalue weighted by Gasteiger charge is 2.36. The lowest BCUT2D eigenvalue weighted by Crippen LogP contribution is -2.30. The summed E-state index contributed by atoms with van der Waals surface area (Å²) in [5, 5.41) is 2.55. The summed E-state index contributed by atoms with van der Waals surface area (Å²) >= 11 is 5.67. The largest absolute Gasteiger partial charge is 0.324 e. The molecule has 1 aliphatic carbocycles. The van der Waals surface area contributed by atoms with Crippen molar-refractivity contribution in [1.82, 2.24) is 0 Å². The second-order valence-corrected chi connectivity index (χ2v) is 10.1. The highest BCUT2D eigenvalue weighted by molar-refractivity contribution is 7.91. The van der Waals surface area contributed by atoms with Crippen molar-refractivity contribution < 1.29 is 22.4 Å². The maximum atomic E-state index is 13.8. The minimum atomic E-state index is -3.71. The summed E-state index contributed by atoms with van der Waals surface area (Å²) in [5.74, 6) is -1.50. The van der Waals surface area contributed by atoms with Crippen molar-refractivity contribution in [3.8, 4) is 0 Å². The maximum Gasteiger partial charge on any atom is 0.230 e. The number of fused-ring (bicyclic) bond motifs is 1. The number of amides is 2. The van der Waals surface area contributed by atoms with Crippen LogP contribution in [0.3, 0.4) is 0 Å². The van der Waals surface area contributed by atoms with E-state index in [1.165, 1.54) is 18.2 Å². The van der Waals surface area contributed by atoms with E-state index in [9.17, 15) is 22.4 Å². The van der Waals surface area contributed by atoms with Crippen molar-refractivity contribution in [2.24, 2.45) is 5.92 Å². The first-order valence-corrected chi connectivity index (χ1v) is 11.7. The summed E-state index contributed by atoms with van der Waals surface area (Å²) in [4.78, 5) is 26.3. The molecule has 1 heterocycles. The number of halogens is 2. The van der Waals surface area contributed by atoms with Gasteiger partial charge in [-0.15, -0.1) is 0 Å². The Kier molecular flexibility index (Phi) is 5.55. The third-order valence-corrected chi connectivity index (χ3v) is 7.25. The Balaban J connectivity index is 1.41. The molecule has 1 saturated carbocycles. The molecule has 0 bridgehead atoms. The van der Waals surface area contributed by atoms with E-state index in [0.717, 1.165) is 30.2 Å². The first-order valence-electron chi connectivity index (χ1n) is 9.66. The predicted octanol–water partition coefficient (Wildman–Crippen LogP) is 3.58. The van der Waals surface area contributed by atoms with Crippen molar-refractivity contribution in [2.45, 2.75) is 30.6 Å². The van der Waals surface area contributed by atoms with Crippen LogP contribution < -0.4 is 10.2 Å². The molecular formula is C21H20ClFN2O4S. The second kappa shape index (κ2) is 8.00. The minimum Gasteiger partial charge on any atom is -0.324 e. The summed E-state index contributed by atoms with van der Waals surface area (Å²) in [6.45, 7) is 0.559. The Bertz CT molecular complexity index is 1130. The van der Waals surface area contributed by atoms with Gasteiger partial charge in [0.15, 0.2) is 9.84 Å². The zero-order valence-electron chi connectivity index (χ0n) is 16.0. The molecule has 2 aromatic carbocycles. The summed E-state index contributed by atoms with van der Waals surface area (Å²) in [6.07, 6.45) is 2.12. The Morgan fingerprint density at radius 3 is 2.63 bits per heavy atom. The molecule has 1 aliphatic heterocycles. The molecular weight excluding hydrogens is 431 g/mol. The molecule has 0 radical (unpaired) electrons. The number of anilines is 2. The topological polar surface area (TPSA) is 83.6 Å². The number of hydrogen-bond acceptors (Lipinski definition) is 4. The van der Waals surface area contributed by atoms with Crippen LogP contribution in [-0.4, -0.2) is 32.5 Å². The highest BCUT2D eigenvalue weighted by Crippen LogP contribution is 2.37. The number of carbonyl (C=O) groups is 2. The van der Waals surface area contributed by atoms with Crippen LogP contribution in [0.25, 0.3) is 0 Å². The summed E-state index contributed by atoms with van der Waals surface area (Å²) in [7, 11) is -3.71. The Labute approximate surface area is 178 Å². The number of hydrogen-bond donors (Lipinski definition) is 1. The average Bonchev–Trinajstić information content (AvgIpc) is 3.47. The van der Waals surface area contributed by atoms with Gasteiger partial charge in [0.2, 0.25) is 11.8 Å².